The van der Waals surface area contributed by atoms with Crippen molar-refractivity contribution in [2.45, 2.75) is 39.7 Å². The Labute approximate surface area is 147 Å². The number of para-hydroxylation sites is 1. The topological polar surface area (TPSA) is 64.4 Å². The molecular weight excluding hydrogens is 318 g/mol. The minimum Gasteiger partial charge on any atom is -0.466 e. The summed E-state index contributed by atoms with van der Waals surface area (Å²) in [4.78, 5) is 26.1. The number of carbonyl (C=O) groups is 2. The highest BCUT2D eigenvalue weighted by Gasteiger charge is 2.28. The van der Waals surface area contributed by atoms with E-state index in [4.69, 9.17) is 4.74 Å². The molecule has 134 valence electrons. The SMILES string of the molecule is CCOC(=O)C1CCN(C(=O)CCn2ncc3cccc(C)c32)CC1. The third-order valence-corrected chi connectivity index (χ3v) is 4.87. The van der Waals surface area contributed by atoms with Gasteiger partial charge in [-0.05, 0) is 32.3 Å². The van der Waals surface area contributed by atoms with Gasteiger partial charge in [0.1, 0.15) is 0 Å². The molecule has 1 aromatic carbocycles. The Morgan fingerprint density at radius 1 is 1.28 bits per heavy atom. The van der Waals surface area contributed by atoms with Gasteiger partial charge in [0.25, 0.3) is 0 Å². The third-order valence-electron chi connectivity index (χ3n) is 4.87. The van der Waals surface area contributed by atoms with E-state index in [1.54, 1.807) is 0 Å². The van der Waals surface area contributed by atoms with E-state index in [9.17, 15) is 9.59 Å². The first-order valence-electron chi connectivity index (χ1n) is 8.95. The highest BCUT2D eigenvalue weighted by atomic mass is 16.5. The van der Waals surface area contributed by atoms with Crippen LogP contribution in [-0.2, 0) is 20.9 Å². The molecule has 0 radical (unpaired) electrons. The molecule has 6 heteroatoms. The maximum absolute atomic E-state index is 12.5. The summed E-state index contributed by atoms with van der Waals surface area (Å²) in [5, 5.41) is 5.51. The molecule has 1 aliphatic heterocycles. The summed E-state index contributed by atoms with van der Waals surface area (Å²) in [7, 11) is 0. The summed E-state index contributed by atoms with van der Waals surface area (Å²) in [5.74, 6) is -0.0747. The van der Waals surface area contributed by atoms with Gasteiger partial charge < -0.3 is 9.64 Å². The van der Waals surface area contributed by atoms with E-state index in [0.29, 0.717) is 45.5 Å². The van der Waals surface area contributed by atoms with E-state index in [2.05, 4.69) is 18.1 Å². The van der Waals surface area contributed by atoms with Gasteiger partial charge in [0.15, 0.2) is 0 Å². The van der Waals surface area contributed by atoms with Gasteiger partial charge in [-0.15, -0.1) is 0 Å². The molecule has 1 aliphatic rings. The molecular formula is C19H25N3O3. The molecule has 1 fully saturated rings. The van der Waals surface area contributed by atoms with Crippen molar-refractivity contribution >= 4 is 22.8 Å². The minimum atomic E-state index is -0.131. The number of esters is 1. The van der Waals surface area contributed by atoms with Crippen LogP contribution >= 0.6 is 0 Å². The molecule has 1 aromatic heterocycles. The zero-order valence-electron chi connectivity index (χ0n) is 14.9. The molecule has 0 saturated carbocycles. The molecule has 2 heterocycles. The molecule has 6 nitrogen and oxygen atoms in total. The number of fused-ring (bicyclic) bond motifs is 1. The second-order valence-electron chi connectivity index (χ2n) is 6.54. The number of benzene rings is 1. The lowest BCUT2D eigenvalue weighted by Crippen LogP contribution is -2.40. The zero-order valence-corrected chi connectivity index (χ0v) is 14.9. The van der Waals surface area contributed by atoms with E-state index in [0.717, 1.165) is 16.5 Å². The van der Waals surface area contributed by atoms with Crippen molar-refractivity contribution in [2.75, 3.05) is 19.7 Å². The van der Waals surface area contributed by atoms with Gasteiger partial charge in [0, 0.05) is 24.9 Å². The number of aromatic nitrogens is 2. The highest BCUT2D eigenvalue weighted by Crippen LogP contribution is 2.21. The molecule has 0 unspecified atom stereocenters. The number of nitrogens with zero attached hydrogens (tertiary/aromatic N) is 3. The van der Waals surface area contributed by atoms with Crippen molar-refractivity contribution in [1.29, 1.82) is 0 Å². The van der Waals surface area contributed by atoms with Crippen molar-refractivity contribution in [3.63, 3.8) is 0 Å². The minimum absolute atomic E-state index is 0.0679. The molecule has 3 rings (SSSR count). The number of aryl methyl sites for hydroxylation is 2. The van der Waals surface area contributed by atoms with Gasteiger partial charge in [0.2, 0.25) is 5.91 Å². The fraction of sp³-hybridized carbons (Fsp3) is 0.526. The van der Waals surface area contributed by atoms with Gasteiger partial charge in [-0.1, -0.05) is 18.2 Å². The molecule has 0 atom stereocenters. The number of hydrogen-bond donors (Lipinski definition) is 0. The highest BCUT2D eigenvalue weighted by molar-refractivity contribution is 5.82. The summed E-state index contributed by atoms with van der Waals surface area (Å²) in [6.07, 6.45) is 3.65. The van der Waals surface area contributed by atoms with Gasteiger partial charge >= 0.3 is 5.97 Å². The lowest BCUT2D eigenvalue weighted by Gasteiger charge is -2.31. The van der Waals surface area contributed by atoms with E-state index >= 15 is 0 Å². The number of hydrogen-bond acceptors (Lipinski definition) is 4. The monoisotopic (exact) mass is 343 g/mol. The van der Waals surface area contributed by atoms with Crippen LogP contribution in [0.2, 0.25) is 0 Å². The summed E-state index contributed by atoms with van der Waals surface area (Å²) >= 11 is 0. The number of amides is 1. The van der Waals surface area contributed by atoms with Crippen molar-refractivity contribution in [3.05, 3.63) is 30.0 Å². The van der Waals surface area contributed by atoms with Gasteiger partial charge in [-0.3, -0.25) is 14.3 Å². The quantitative estimate of drug-likeness (QED) is 0.783. The first-order valence-corrected chi connectivity index (χ1v) is 8.95. The van der Waals surface area contributed by atoms with Crippen molar-refractivity contribution in [1.82, 2.24) is 14.7 Å². The van der Waals surface area contributed by atoms with Crippen LogP contribution in [-0.4, -0.2) is 46.3 Å². The number of piperidine rings is 1. The lowest BCUT2D eigenvalue weighted by atomic mass is 9.97. The number of likely N-dealkylation sites (tertiary alicyclic amines) is 1. The van der Waals surface area contributed by atoms with Gasteiger partial charge in [0.05, 0.1) is 30.8 Å². The van der Waals surface area contributed by atoms with E-state index < -0.39 is 0 Å². The van der Waals surface area contributed by atoms with Crippen LogP contribution in [0.4, 0.5) is 0 Å². The number of rotatable bonds is 5. The van der Waals surface area contributed by atoms with Crippen LogP contribution in [0.1, 0.15) is 31.7 Å². The summed E-state index contributed by atoms with van der Waals surface area (Å²) in [6.45, 7) is 6.11. The first kappa shape index (κ1) is 17.5. The van der Waals surface area contributed by atoms with Crippen molar-refractivity contribution in [3.8, 4) is 0 Å². The second-order valence-corrected chi connectivity index (χ2v) is 6.54. The Hall–Kier alpha value is -2.37. The Balaban J connectivity index is 1.54. The van der Waals surface area contributed by atoms with E-state index in [-0.39, 0.29) is 17.8 Å². The predicted octanol–water partition coefficient (Wildman–Crippen LogP) is 2.54. The Kier molecular flexibility index (Phi) is 5.36. The van der Waals surface area contributed by atoms with Gasteiger partial charge in [-0.25, -0.2) is 0 Å². The molecule has 2 aromatic rings. The Bertz CT molecular complexity index is 760. The predicted molar refractivity (Wildman–Crippen MR) is 95.0 cm³/mol. The average molecular weight is 343 g/mol. The van der Waals surface area contributed by atoms with Crippen LogP contribution in [0.25, 0.3) is 10.9 Å². The van der Waals surface area contributed by atoms with Crippen LogP contribution in [0.15, 0.2) is 24.4 Å². The first-order chi connectivity index (χ1) is 12.1. The number of carbonyl (C=O) groups excluding carboxylic acids is 2. The summed E-state index contributed by atoms with van der Waals surface area (Å²) in [5.41, 5.74) is 2.26. The zero-order chi connectivity index (χ0) is 17.8. The van der Waals surface area contributed by atoms with E-state index in [1.165, 1.54) is 0 Å². The molecule has 1 saturated heterocycles. The normalized spacial score (nSPS) is 15.5. The van der Waals surface area contributed by atoms with Crippen molar-refractivity contribution in [2.24, 2.45) is 5.92 Å². The lowest BCUT2D eigenvalue weighted by molar-refractivity contribution is -0.151. The van der Waals surface area contributed by atoms with Crippen LogP contribution in [0, 0.1) is 12.8 Å². The molecule has 0 spiro atoms. The molecule has 0 aliphatic carbocycles. The van der Waals surface area contributed by atoms with E-state index in [1.807, 2.05) is 34.8 Å². The summed E-state index contributed by atoms with van der Waals surface area (Å²) < 4.78 is 6.98. The van der Waals surface area contributed by atoms with Crippen LogP contribution in [0.5, 0.6) is 0 Å². The molecule has 1 amide bonds. The number of ether oxygens (including phenoxy) is 1. The molecule has 0 N–H and O–H groups in total. The maximum Gasteiger partial charge on any atom is 0.309 e. The van der Waals surface area contributed by atoms with Crippen LogP contribution in [0.3, 0.4) is 0 Å². The standard InChI is InChI=1S/C19H25N3O3/c1-3-25-19(24)15-7-10-21(11-8-15)17(23)9-12-22-18-14(2)5-4-6-16(18)13-20-22/h4-6,13,15H,3,7-12H2,1-2H3. The maximum atomic E-state index is 12.5. The average Bonchev–Trinajstić information content (AvgIpc) is 3.04. The Morgan fingerprint density at radius 2 is 2.04 bits per heavy atom. The second kappa shape index (κ2) is 7.68. The van der Waals surface area contributed by atoms with Gasteiger partial charge in [-0.2, -0.15) is 5.10 Å². The third kappa shape index (κ3) is 3.83. The Morgan fingerprint density at radius 3 is 2.76 bits per heavy atom. The fourth-order valence-electron chi connectivity index (χ4n) is 3.48. The van der Waals surface area contributed by atoms with Crippen molar-refractivity contribution < 1.29 is 14.3 Å². The largest absolute Gasteiger partial charge is 0.466 e. The fourth-order valence-corrected chi connectivity index (χ4v) is 3.48. The molecule has 25 heavy (non-hydrogen) atoms. The smallest absolute Gasteiger partial charge is 0.309 e. The van der Waals surface area contributed by atoms with Crippen LogP contribution < -0.4 is 0 Å². The summed E-state index contributed by atoms with van der Waals surface area (Å²) in [6, 6.07) is 6.11. The molecule has 0 bridgehead atoms.